The van der Waals surface area contributed by atoms with Crippen molar-refractivity contribution in [3.63, 3.8) is 0 Å². The first kappa shape index (κ1) is 13.6. The highest BCUT2D eigenvalue weighted by atomic mass is 35.5. The number of rotatable bonds is 1. The van der Waals surface area contributed by atoms with Crippen LogP contribution >= 0.6 is 11.6 Å². The van der Waals surface area contributed by atoms with Crippen LogP contribution in [0.4, 0.5) is 13.2 Å². The van der Waals surface area contributed by atoms with Gasteiger partial charge >= 0.3 is 0 Å². The van der Waals surface area contributed by atoms with Crippen LogP contribution in [-0.2, 0) is 0 Å². The highest BCUT2D eigenvalue weighted by Crippen LogP contribution is 2.25. The quantitative estimate of drug-likeness (QED) is 0.745. The number of nitrogens with zero attached hydrogens (tertiary/aromatic N) is 1. The van der Waals surface area contributed by atoms with Crippen molar-refractivity contribution in [1.82, 2.24) is 9.97 Å². The number of hydrogen-bond acceptors (Lipinski definition) is 2. The van der Waals surface area contributed by atoms with E-state index in [9.17, 15) is 18.0 Å². The lowest BCUT2D eigenvalue weighted by Crippen LogP contribution is -2.11. The SMILES string of the molecule is O=c1[nH]c(-c2cccc(Cl)c2F)nc2cc(F)c(F)cc12. The molecule has 3 nitrogen and oxygen atoms in total. The molecule has 21 heavy (non-hydrogen) atoms. The minimum atomic E-state index is -1.16. The number of H-pyrrole nitrogens is 1. The molecule has 106 valence electrons. The predicted molar refractivity (Wildman–Crippen MR) is 72.7 cm³/mol. The first-order valence-corrected chi connectivity index (χ1v) is 6.18. The smallest absolute Gasteiger partial charge is 0.259 e. The fourth-order valence-electron chi connectivity index (χ4n) is 1.95. The van der Waals surface area contributed by atoms with Crippen molar-refractivity contribution in [2.24, 2.45) is 0 Å². The van der Waals surface area contributed by atoms with Crippen molar-refractivity contribution in [2.45, 2.75) is 0 Å². The maximum absolute atomic E-state index is 13.9. The van der Waals surface area contributed by atoms with Crippen LogP contribution in [0.1, 0.15) is 0 Å². The second-order valence-electron chi connectivity index (χ2n) is 4.30. The molecule has 3 aromatic rings. The monoisotopic (exact) mass is 310 g/mol. The summed E-state index contributed by atoms with van der Waals surface area (Å²) in [6.07, 6.45) is 0. The van der Waals surface area contributed by atoms with Crippen molar-refractivity contribution in [1.29, 1.82) is 0 Å². The standard InChI is InChI=1S/C14H6ClF3N2O/c15-8-3-1-2-6(12(8)18)13-19-11-5-10(17)9(16)4-7(11)14(21)20-13/h1-5H,(H,19,20,21). The molecule has 0 bridgehead atoms. The summed E-state index contributed by atoms with van der Waals surface area (Å²) in [5.74, 6) is -3.17. The van der Waals surface area contributed by atoms with E-state index < -0.39 is 23.0 Å². The molecule has 0 unspecified atom stereocenters. The Bertz CT molecular complexity index is 924. The number of aromatic amines is 1. The molecule has 0 amide bonds. The topological polar surface area (TPSA) is 45.8 Å². The van der Waals surface area contributed by atoms with Gasteiger partial charge in [0.25, 0.3) is 5.56 Å². The van der Waals surface area contributed by atoms with Crippen molar-refractivity contribution in [3.05, 3.63) is 63.2 Å². The normalized spacial score (nSPS) is 11.0. The first-order valence-electron chi connectivity index (χ1n) is 5.81. The van der Waals surface area contributed by atoms with Crippen LogP contribution in [0.25, 0.3) is 22.3 Å². The zero-order chi connectivity index (χ0) is 15.1. The zero-order valence-corrected chi connectivity index (χ0v) is 11.0. The van der Waals surface area contributed by atoms with Gasteiger partial charge in [-0.1, -0.05) is 17.7 Å². The van der Waals surface area contributed by atoms with E-state index in [0.29, 0.717) is 0 Å². The van der Waals surface area contributed by atoms with E-state index in [2.05, 4.69) is 9.97 Å². The van der Waals surface area contributed by atoms with Gasteiger partial charge < -0.3 is 4.98 Å². The summed E-state index contributed by atoms with van der Waals surface area (Å²) in [5.41, 5.74) is -0.813. The Labute approximate surface area is 121 Å². The lowest BCUT2D eigenvalue weighted by atomic mass is 10.1. The summed E-state index contributed by atoms with van der Waals surface area (Å²) in [6.45, 7) is 0. The zero-order valence-electron chi connectivity index (χ0n) is 10.3. The van der Waals surface area contributed by atoms with Crippen LogP contribution in [0.5, 0.6) is 0 Å². The third kappa shape index (κ3) is 2.27. The van der Waals surface area contributed by atoms with E-state index in [-0.39, 0.29) is 27.3 Å². The number of halogens is 4. The van der Waals surface area contributed by atoms with Gasteiger partial charge in [-0.05, 0) is 18.2 Å². The molecule has 0 fully saturated rings. The summed E-state index contributed by atoms with van der Waals surface area (Å²) in [6, 6.07) is 5.72. The summed E-state index contributed by atoms with van der Waals surface area (Å²) in [7, 11) is 0. The molecule has 0 aliphatic heterocycles. The summed E-state index contributed by atoms with van der Waals surface area (Å²) in [5, 5.41) is -0.263. The number of hydrogen-bond donors (Lipinski definition) is 1. The minimum absolute atomic E-state index is 0.0359. The Morgan fingerprint density at radius 2 is 1.81 bits per heavy atom. The van der Waals surface area contributed by atoms with E-state index in [1.807, 2.05) is 0 Å². The molecule has 3 rings (SSSR count). The lowest BCUT2D eigenvalue weighted by Gasteiger charge is -2.05. The van der Waals surface area contributed by atoms with Gasteiger partial charge in [-0.3, -0.25) is 4.79 Å². The van der Waals surface area contributed by atoms with Gasteiger partial charge in [0.15, 0.2) is 17.5 Å². The van der Waals surface area contributed by atoms with Crippen LogP contribution in [0.2, 0.25) is 5.02 Å². The van der Waals surface area contributed by atoms with Gasteiger partial charge in [0, 0.05) is 6.07 Å². The second kappa shape index (κ2) is 4.89. The molecule has 7 heteroatoms. The Morgan fingerprint density at radius 3 is 2.57 bits per heavy atom. The molecule has 0 atom stereocenters. The van der Waals surface area contributed by atoms with Crippen LogP contribution < -0.4 is 5.56 Å². The largest absolute Gasteiger partial charge is 0.306 e. The fraction of sp³-hybridized carbons (Fsp3) is 0. The van der Waals surface area contributed by atoms with Gasteiger partial charge in [0.2, 0.25) is 0 Å². The van der Waals surface area contributed by atoms with Gasteiger partial charge in [0.05, 0.1) is 21.5 Å². The molecular formula is C14H6ClF3N2O. The van der Waals surface area contributed by atoms with E-state index in [0.717, 1.165) is 12.1 Å². The first-order chi connectivity index (χ1) is 9.97. The van der Waals surface area contributed by atoms with Crippen LogP contribution in [0.15, 0.2) is 35.1 Å². The third-order valence-electron chi connectivity index (χ3n) is 2.95. The fourth-order valence-corrected chi connectivity index (χ4v) is 2.12. The van der Waals surface area contributed by atoms with Crippen LogP contribution in [0, 0.1) is 17.5 Å². The third-order valence-corrected chi connectivity index (χ3v) is 3.25. The second-order valence-corrected chi connectivity index (χ2v) is 4.71. The summed E-state index contributed by atoms with van der Waals surface area (Å²) < 4.78 is 40.3. The van der Waals surface area contributed by atoms with Crippen molar-refractivity contribution in [2.75, 3.05) is 0 Å². The molecule has 0 saturated heterocycles. The maximum Gasteiger partial charge on any atom is 0.259 e. The molecular weight excluding hydrogens is 305 g/mol. The van der Waals surface area contributed by atoms with Crippen molar-refractivity contribution in [3.8, 4) is 11.4 Å². The molecule has 0 spiro atoms. The van der Waals surface area contributed by atoms with E-state index in [1.165, 1.54) is 18.2 Å². The Kier molecular flexibility index (Phi) is 3.17. The number of fused-ring (bicyclic) bond motifs is 1. The number of nitrogens with one attached hydrogen (secondary N) is 1. The van der Waals surface area contributed by atoms with Gasteiger partial charge in [-0.15, -0.1) is 0 Å². The molecule has 0 aliphatic carbocycles. The Morgan fingerprint density at radius 1 is 1.10 bits per heavy atom. The van der Waals surface area contributed by atoms with Crippen LogP contribution in [0.3, 0.4) is 0 Å². The Hall–Kier alpha value is -2.34. The molecule has 0 radical (unpaired) electrons. The van der Waals surface area contributed by atoms with Crippen molar-refractivity contribution >= 4 is 22.5 Å². The summed E-state index contributed by atoms with van der Waals surface area (Å²) in [4.78, 5) is 18.2. The average Bonchev–Trinajstić information content (AvgIpc) is 2.44. The number of benzene rings is 2. The molecule has 2 aromatic carbocycles. The van der Waals surface area contributed by atoms with Crippen LogP contribution in [-0.4, -0.2) is 9.97 Å². The van der Waals surface area contributed by atoms with Crippen molar-refractivity contribution < 1.29 is 13.2 Å². The highest BCUT2D eigenvalue weighted by molar-refractivity contribution is 6.31. The van der Waals surface area contributed by atoms with Gasteiger partial charge in [-0.25, -0.2) is 18.2 Å². The van der Waals surface area contributed by atoms with E-state index in [4.69, 9.17) is 11.6 Å². The molecule has 1 heterocycles. The Balaban J connectivity index is 2.33. The van der Waals surface area contributed by atoms with E-state index >= 15 is 0 Å². The predicted octanol–water partition coefficient (Wildman–Crippen LogP) is 3.66. The molecule has 0 aliphatic rings. The molecule has 0 saturated carbocycles. The minimum Gasteiger partial charge on any atom is -0.306 e. The molecule has 1 N–H and O–H groups in total. The average molecular weight is 311 g/mol. The maximum atomic E-state index is 13.9. The lowest BCUT2D eigenvalue weighted by molar-refractivity contribution is 0.510. The summed E-state index contributed by atoms with van der Waals surface area (Å²) >= 11 is 5.66. The highest BCUT2D eigenvalue weighted by Gasteiger charge is 2.14. The number of aromatic nitrogens is 2. The molecule has 1 aromatic heterocycles. The van der Waals surface area contributed by atoms with Gasteiger partial charge in [0.1, 0.15) is 5.82 Å². The van der Waals surface area contributed by atoms with E-state index in [1.54, 1.807) is 0 Å². The van der Waals surface area contributed by atoms with Gasteiger partial charge in [-0.2, -0.15) is 0 Å².